The molecule has 0 fully saturated rings. The highest BCUT2D eigenvalue weighted by Gasteiger charge is 2.27. The summed E-state index contributed by atoms with van der Waals surface area (Å²) < 4.78 is 1.79. The fraction of sp³-hybridized carbons (Fsp3) is 0.556. The Morgan fingerprint density at radius 3 is 2.80 bits per heavy atom. The number of hydrogen-bond acceptors (Lipinski definition) is 5. The molecule has 1 amide bonds. The number of anilines is 1. The average molecular weight is 342 g/mol. The lowest BCUT2D eigenvalue weighted by atomic mass is 10.0. The predicted octanol–water partition coefficient (Wildman–Crippen LogP) is 1.77. The van der Waals surface area contributed by atoms with Gasteiger partial charge in [-0.05, 0) is 32.8 Å². The monoisotopic (exact) mass is 342 g/mol. The van der Waals surface area contributed by atoms with Crippen molar-refractivity contribution in [2.24, 2.45) is 7.05 Å². The van der Waals surface area contributed by atoms with E-state index in [1.54, 1.807) is 4.68 Å². The number of nitrogens with one attached hydrogen (secondary N) is 1. The first-order valence-corrected chi connectivity index (χ1v) is 8.79. The molecule has 0 aromatic carbocycles. The molecule has 0 spiro atoms. The van der Waals surface area contributed by atoms with Gasteiger partial charge in [-0.3, -0.25) is 14.4 Å². The molecule has 0 unspecified atom stereocenters. The van der Waals surface area contributed by atoms with E-state index in [9.17, 15) is 4.79 Å². The van der Waals surface area contributed by atoms with Gasteiger partial charge in [0, 0.05) is 32.8 Å². The second-order valence-corrected chi connectivity index (χ2v) is 6.67. The Balaban J connectivity index is 1.72. The topological polar surface area (TPSA) is 75.9 Å². The minimum absolute atomic E-state index is 0.00702. The number of hydrogen-bond donors (Lipinski definition) is 1. The largest absolute Gasteiger partial charge is 0.322 e. The van der Waals surface area contributed by atoms with Crippen LogP contribution in [0.2, 0.25) is 0 Å². The van der Waals surface area contributed by atoms with Crippen molar-refractivity contribution in [3.8, 4) is 0 Å². The van der Waals surface area contributed by atoms with Crippen LogP contribution in [0.5, 0.6) is 0 Å². The van der Waals surface area contributed by atoms with Crippen LogP contribution in [0, 0.1) is 13.8 Å². The second-order valence-electron chi connectivity index (χ2n) is 6.67. The Bertz CT molecular complexity index is 797. The van der Waals surface area contributed by atoms with E-state index in [2.05, 4.69) is 32.2 Å². The fourth-order valence-corrected chi connectivity index (χ4v) is 3.21. The minimum Gasteiger partial charge on any atom is -0.322 e. The molecule has 7 nitrogen and oxygen atoms in total. The number of rotatable bonds is 4. The van der Waals surface area contributed by atoms with Crippen molar-refractivity contribution in [1.29, 1.82) is 0 Å². The van der Waals surface area contributed by atoms with E-state index >= 15 is 0 Å². The number of aromatic nitrogens is 4. The summed E-state index contributed by atoms with van der Waals surface area (Å²) in [6.07, 6.45) is 3.64. The van der Waals surface area contributed by atoms with Crippen molar-refractivity contribution < 1.29 is 4.79 Å². The van der Waals surface area contributed by atoms with E-state index in [1.807, 2.05) is 34.0 Å². The third kappa shape index (κ3) is 3.42. The summed E-state index contributed by atoms with van der Waals surface area (Å²) in [5.41, 5.74) is 4.85. The summed E-state index contributed by atoms with van der Waals surface area (Å²) >= 11 is 0. The zero-order valence-corrected chi connectivity index (χ0v) is 15.6. The number of aryl methyl sites for hydroxylation is 3. The molecular formula is C18H26N6O. The fourth-order valence-electron chi connectivity index (χ4n) is 3.21. The van der Waals surface area contributed by atoms with Gasteiger partial charge in [-0.15, -0.1) is 0 Å². The van der Waals surface area contributed by atoms with Crippen LogP contribution < -0.4 is 5.32 Å². The predicted molar refractivity (Wildman–Crippen MR) is 96.3 cm³/mol. The third-order valence-electron chi connectivity index (χ3n) is 5.03. The molecule has 1 N–H and O–H groups in total. The molecule has 0 saturated carbocycles. The van der Waals surface area contributed by atoms with Crippen molar-refractivity contribution in [2.45, 2.75) is 53.1 Å². The van der Waals surface area contributed by atoms with Gasteiger partial charge in [0.05, 0.1) is 28.8 Å². The standard InChI is InChI=1S/C18H26N6O/c1-6-16-19-9-14-7-8-24(10-15(14)20-16)13(4)18(25)21-17-11(2)22-23(5)12(17)3/h9,13H,6-8,10H2,1-5H3,(H,21,25)/t13-/m1/s1. The van der Waals surface area contributed by atoms with Gasteiger partial charge >= 0.3 is 0 Å². The van der Waals surface area contributed by atoms with Crippen LogP contribution in [0.3, 0.4) is 0 Å². The number of carbonyl (C=O) groups is 1. The molecule has 134 valence electrons. The maximum atomic E-state index is 12.7. The molecule has 0 aliphatic carbocycles. The van der Waals surface area contributed by atoms with Crippen LogP contribution in [-0.2, 0) is 31.2 Å². The van der Waals surface area contributed by atoms with Gasteiger partial charge in [-0.2, -0.15) is 5.10 Å². The maximum absolute atomic E-state index is 12.7. The van der Waals surface area contributed by atoms with E-state index in [0.717, 1.165) is 48.0 Å². The Morgan fingerprint density at radius 2 is 2.16 bits per heavy atom. The molecule has 0 radical (unpaired) electrons. The van der Waals surface area contributed by atoms with E-state index in [0.29, 0.717) is 6.54 Å². The van der Waals surface area contributed by atoms with Gasteiger partial charge in [-0.1, -0.05) is 6.92 Å². The lowest BCUT2D eigenvalue weighted by molar-refractivity contribution is -0.121. The Morgan fingerprint density at radius 1 is 1.40 bits per heavy atom. The molecule has 0 bridgehead atoms. The van der Waals surface area contributed by atoms with Crippen LogP contribution in [0.1, 0.15) is 42.3 Å². The first-order chi connectivity index (χ1) is 11.9. The summed E-state index contributed by atoms with van der Waals surface area (Å²) in [7, 11) is 1.88. The quantitative estimate of drug-likeness (QED) is 0.916. The molecule has 1 aliphatic heterocycles. The van der Waals surface area contributed by atoms with Crippen molar-refractivity contribution >= 4 is 11.6 Å². The first kappa shape index (κ1) is 17.5. The van der Waals surface area contributed by atoms with Gasteiger partial charge in [0.1, 0.15) is 5.82 Å². The van der Waals surface area contributed by atoms with Crippen LogP contribution in [0.15, 0.2) is 6.20 Å². The smallest absolute Gasteiger partial charge is 0.241 e. The zero-order chi connectivity index (χ0) is 18.1. The molecule has 2 aromatic heterocycles. The number of carbonyl (C=O) groups excluding carboxylic acids is 1. The molecule has 3 rings (SSSR count). The van der Waals surface area contributed by atoms with E-state index in [1.165, 1.54) is 5.56 Å². The second kappa shape index (κ2) is 6.92. The highest BCUT2D eigenvalue weighted by molar-refractivity contribution is 5.95. The normalized spacial score (nSPS) is 15.7. The van der Waals surface area contributed by atoms with Crippen LogP contribution in [0.25, 0.3) is 0 Å². The van der Waals surface area contributed by atoms with Gasteiger partial charge in [0.25, 0.3) is 0 Å². The first-order valence-electron chi connectivity index (χ1n) is 8.79. The summed E-state index contributed by atoms with van der Waals surface area (Å²) in [5, 5.41) is 7.40. The highest BCUT2D eigenvalue weighted by atomic mass is 16.2. The van der Waals surface area contributed by atoms with Gasteiger partial charge in [-0.25, -0.2) is 9.97 Å². The summed E-state index contributed by atoms with van der Waals surface area (Å²) in [5.74, 6) is 0.853. The van der Waals surface area contributed by atoms with E-state index < -0.39 is 0 Å². The number of amides is 1. The van der Waals surface area contributed by atoms with E-state index in [4.69, 9.17) is 0 Å². The van der Waals surface area contributed by atoms with E-state index in [-0.39, 0.29) is 11.9 Å². The molecule has 25 heavy (non-hydrogen) atoms. The van der Waals surface area contributed by atoms with Gasteiger partial charge in [0.15, 0.2) is 0 Å². The molecular weight excluding hydrogens is 316 g/mol. The minimum atomic E-state index is -0.229. The molecule has 7 heteroatoms. The number of fused-ring (bicyclic) bond motifs is 1. The SMILES string of the molecule is CCc1ncc2c(n1)CN([C@H](C)C(=O)Nc1c(C)nn(C)c1C)CC2. The summed E-state index contributed by atoms with van der Waals surface area (Å²) in [6, 6.07) is -0.229. The van der Waals surface area contributed by atoms with Gasteiger partial charge < -0.3 is 5.32 Å². The van der Waals surface area contributed by atoms with Crippen LogP contribution in [-0.4, -0.2) is 43.1 Å². The average Bonchev–Trinajstić information content (AvgIpc) is 2.86. The lowest BCUT2D eigenvalue weighted by Crippen LogP contribution is -2.45. The molecule has 1 aliphatic rings. The van der Waals surface area contributed by atoms with Crippen molar-refractivity contribution in [3.63, 3.8) is 0 Å². The van der Waals surface area contributed by atoms with Crippen molar-refractivity contribution in [2.75, 3.05) is 11.9 Å². The zero-order valence-electron chi connectivity index (χ0n) is 15.6. The van der Waals surface area contributed by atoms with Crippen LogP contribution >= 0.6 is 0 Å². The van der Waals surface area contributed by atoms with Gasteiger partial charge in [0.2, 0.25) is 5.91 Å². The Labute approximate surface area is 148 Å². The maximum Gasteiger partial charge on any atom is 0.241 e. The number of nitrogens with zero attached hydrogens (tertiary/aromatic N) is 5. The van der Waals surface area contributed by atoms with Crippen LogP contribution in [0.4, 0.5) is 5.69 Å². The lowest BCUT2D eigenvalue weighted by Gasteiger charge is -2.32. The van der Waals surface area contributed by atoms with Crippen molar-refractivity contribution in [3.05, 3.63) is 34.7 Å². The third-order valence-corrected chi connectivity index (χ3v) is 5.03. The molecule has 3 heterocycles. The summed E-state index contributed by atoms with van der Waals surface area (Å²) in [4.78, 5) is 23.9. The Kier molecular flexibility index (Phi) is 4.85. The molecule has 0 saturated heterocycles. The highest BCUT2D eigenvalue weighted by Crippen LogP contribution is 2.22. The molecule has 2 aromatic rings. The summed E-state index contributed by atoms with van der Waals surface area (Å²) in [6.45, 7) is 9.39. The Hall–Kier alpha value is -2.28. The van der Waals surface area contributed by atoms with Crippen molar-refractivity contribution in [1.82, 2.24) is 24.6 Å². The molecule has 1 atom stereocenters.